The quantitative estimate of drug-likeness (QED) is 0.558. The molecule has 31 heavy (non-hydrogen) atoms. The summed E-state index contributed by atoms with van der Waals surface area (Å²) >= 11 is 0. The normalized spacial score (nSPS) is 27.8. The second-order valence-corrected chi connectivity index (χ2v) is 7.66. The van der Waals surface area contributed by atoms with E-state index in [1.165, 1.54) is 0 Å². The fraction of sp³-hybridized carbons (Fsp3) is 0.524. The van der Waals surface area contributed by atoms with Crippen molar-refractivity contribution in [2.45, 2.75) is 62.9 Å². The molecule has 0 saturated carbocycles. The second-order valence-electron chi connectivity index (χ2n) is 7.66. The molecule has 0 aliphatic carbocycles. The Labute approximate surface area is 177 Å². The van der Waals surface area contributed by atoms with Gasteiger partial charge in [0, 0.05) is 11.5 Å². The van der Waals surface area contributed by atoms with Gasteiger partial charge in [-0.3, -0.25) is 4.98 Å². The van der Waals surface area contributed by atoms with Gasteiger partial charge in [-0.2, -0.15) is 13.2 Å². The number of hydrogen-bond donors (Lipinski definition) is 4. The number of aliphatic hydroxyl groups excluding tert-OH is 4. The van der Waals surface area contributed by atoms with Crippen LogP contribution in [0.3, 0.4) is 0 Å². The highest BCUT2D eigenvalue weighted by atomic mass is 19.4. The molecule has 0 radical (unpaired) electrons. The topological polar surface area (TPSA) is 116 Å². The zero-order chi connectivity index (χ0) is 22.9. The molecule has 170 valence electrons. The largest absolute Gasteiger partial charge is 0.434 e. The predicted octanol–water partition coefficient (Wildman–Crippen LogP) is 1.81. The lowest BCUT2D eigenvalue weighted by Gasteiger charge is -2.43. The number of halogens is 3. The molecule has 10 heteroatoms. The lowest BCUT2D eigenvalue weighted by molar-refractivity contribution is -0.234. The summed E-state index contributed by atoms with van der Waals surface area (Å²) in [6.07, 6.45) is -8.41. The van der Waals surface area contributed by atoms with Crippen LogP contribution in [0, 0.1) is 6.92 Å². The van der Waals surface area contributed by atoms with E-state index in [1.54, 1.807) is 18.2 Å². The molecule has 2 heterocycles. The van der Waals surface area contributed by atoms with Crippen molar-refractivity contribution in [3.8, 4) is 11.3 Å². The van der Waals surface area contributed by atoms with Crippen LogP contribution in [0.4, 0.5) is 13.2 Å². The SMILES string of the molecule is CC[C@H](c1ccc(-c2cnc(C(F)(F)F)cn2)cc1C)[C@H]1OC(CO)[C@@H](O)C(O)C1O. The molecule has 6 atom stereocenters. The van der Waals surface area contributed by atoms with Gasteiger partial charge in [-0.05, 0) is 30.5 Å². The van der Waals surface area contributed by atoms with Crippen LogP contribution in [0.1, 0.15) is 36.1 Å². The van der Waals surface area contributed by atoms with Gasteiger partial charge in [0.1, 0.15) is 24.4 Å². The summed E-state index contributed by atoms with van der Waals surface area (Å²) in [5.41, 5.74) is 1.37. The Morgan fingerprint density at radius 2 is 1.77 bits per heavy atom. The first-order chi connectivity index (χ1) is 14.6. The standard InChI is InChI=1S/C21H25F3N2O5/c1-3-12(20-19(30)18(29)17(28)15(9-27)31-20)13-5-4-11(6-10(13)2)14-7-26-16(8-25-14)21(22,23)24/h4-8,12,15,17-20,27-30H,3,9H2,1-2H3/t12-,15?,17-,18?,19?,20-/m1/s1. The van der Waals surface area contributed by atoms with Gasteiger partial charge in [-0.1, -0.05) is 19.1 Å². The van der Waals surface area contributed by atoms with E-state index in [1.807, 2.05) is 13.8 Å². The summed E-state index contributed by atoms with van der Waals surface area (Å²) in [7, 11) is 0. The van der Waals surface area contributed by atoms with Crippen LogP contribution in [0.5, 0.6) is 0 Å². The molecule has 0 amide bonds. The van der Waals surface area contributed by atoms with Crippen molar-refractivity contribution in [1.82, 2.24) is 9.97 Å². The van der Waals surface area contributed by atoms with Crippen LogP contribution in [0.15, 0.2) is 30.6 Å². The fourth-order valence-corrected chi connectivity index (χ4v) is 3.97. The number of benzene rings is 1. The molecule has 1 aromatic carbocycles. The maximum absolute atomic E-state index is 12.7. The van der Waals surface area contributed by atoms with Crippen LogP contribution in [-0.4, -0.2) is 67.5 Å². The van der Waals surface area contributed by atoms with E-state index >= 15 is 0 Å². The number of aromatic nitrogens is 2. The van der Waals surface area contributed by atoms with E-state index in [9.17, 15) is 33.6 Å². The molecule has 1 aliphatic rings. The van der Waals surface area contributed by atoms with Gasteiger partial charge in [0.05, 0.1) is 30.8 Å². The first-order valence-corrected chi connectivity index (χ1v) is 9.89. The Balaban J connectivity index is 1.88. The molecule has 1 aromatic heterocycles. The van der Waals surface area contributed by atoms with E-state index in [-0.39, 0.29) is 11.6 Å². The first-order valence-electron chi connectivity index (χ1n) is 9.89. The van der Waals surface area contributed by atoms with Crippen LogP contribution in [-0.2, 0) is 10.9 Å². The van der Waals surface area contributed by atoms with Crippen molar-refractivity contribution < 1.29 is 38.3 Å². The van der Waals surface area contributed by atoms with Crippen molar-refractivity contribution >= 4 is 0 Å². The van der Waals surface area contributed by atoms with Gasteiger partial charge < -0.3 is 25.2 Å². The average molecular weight is 442 g/mol. The zero-order valence-electron chi connectivity index (χ0n) is 17.0. The van der Waals surface area contributed by atoms with Crippen LogP contribution in [0.25, 0.3) is 11.3 Å². The summed E-state index contributed by atoms with van der Waals surface area (Å²) in [4.78, 5) is 7.29. The van der Waals surface area contributed by atoms with Crippen molar-refractivity contribution in [2.24, 2.45) is 0 Å². The molecular formula is C21H25F3N2O5. The van der Waals surface area contributed by atoms with Gasteiger partial charge in [-0.15, -0.1) is 0 Å². The lowest BCUT2D eigenvalue weighted by Crippen LogP contribution is -2.59. The van der Waals surface area contributed by atoms with E-state index in [2.05, 4.69) is 9.97 Å². The third-order valence-electron chi connectivity index (χ3n) is 5.67. The maximum Gasteiger partial charge on any atom is 0.434 e. The molecule has 0 bridgehead atoms. The minimum atomic E-state index is -4.56. The highest BCUT2D eigenvalue weighted by Gasteiger charge is 2.46. The molecular weight excluding hydrogens is 417 g/mol. The Morgan fingerprint density at radius 1 is 1.06 bits per heavy atom. The third kappa shape index (κ3) is 4.73. The lowest BCUT2D eigenvalue weighted by atomic mass is 9.81. The molecule has 1 fully saturated rings. The van der Waals surface area contributed by atoms with Gasteiger partial charge in [0.15, 0.2) is 5.69 Å². The minimum absolute atomic E-state index is 0.281. The summed E-state index contributed by atoms with van der Waals surface area (Å²) in [6.45, 7) is 3.17. The van der Waals surface area contributed by atoms with Crippen LogP contribution < -0.4 is 0 Å². The van der Waals surface area contributed by atoms with E-state index in [0.717, 1.165) is 17.3 Å². The minimum Gasteiger partial charge on any atom is -0.394 e. The molecule has 0 spiro atoms. The molecule has 3 rings (SSSR count). The average Bonchev–Trinajstić information content (AvgIpc) is 2.74. The predicted molar refractivity (Wildman–Crippen MR) is 104 cm³/mol. The van der Waals surface area contributed by atoms with Crippen LogP contribution >= 0.6 is 0 Å². The smallest absolute Gasteiger partial charge is 0.394 e. The van der Waals surface area contributed by atoms with Gasteiger partial charge in [0.25, 0.3) is 0 Å². The summed E-state index contributed by atoms with van der Waals surface area (Å²) < 4.78 is 43.8. The number of ether oxygens (including phenoxy) is 1. The molecule has 2 aromatic rings. The van der Waals surface area contributed by atoms with Crippen LogP contribution in [0.2, 0.25) is 0 Å². The monoisotopic (exact) mass is 442 g/mol. The van der Waals surface area contributed by atoms with E-state index < -0.39 is 49.0 Å². The third-order valence-corrected chi connectivity index (χ3v) is 5.67. The van der Waals surface area contributed by atoms with Crippen molar-refractivity contribution in [3.63, 3.8) is 0 Å². The molecule has 4 N–H and O–H groups in total. The Kier molecular flexibility index (Phi) is 6.97. The fourth-order valence-electron chi connectivity index (χ4n) is 3.97. The summed E-state index contributed by atoms with van der Waals surface area (Å²) in [5, 5.41) is 40.0. The Bertz CT molecular complexity index is 892. The van der Waals surface area contributed by atoms with E-state index in [4.69, 9.17) is 4.74 Å². The van der Waals surface area contributed by atoms with Crippen molar-refractivity contribution in [2.75, 3.05) is 6.61 Å². The molecule has 1 saturated heterocycles. The Morgan fingerprint density at radius 3 is 2.29 bits per heavy atom. The molecule has 3 unspecified atom stereocenters. The number of rotatable bonds is 5. The highest BCUT2D eigenvalue weighted by molar-refractivity contribution is 5.60. The number of alkyl halides is 3. The summed E-state index contributed by atoms with van der Waals surface area (Å²) in [6, 6.07) is 5.20. The Hall–Kier alpha value is -2.11. The van der Waals surface area contributed by atoms with Gasteiger partial charge in [-0.25, -0.2) is 4.98 Å². The van der Waals surface area contributed by atoms with Gasteiger partial charge in [0.2, 0.25) is 0 Å². The van der Waals surface area contributed by atoms with E-state index in [0.29, 0.717) is 18.2 Å². The summed E-state index contributed by atoms with van der Waals surface area (Å²) in [5.74, 6) is -0.362. The number of aliphatic hydroxyl groups is 4. The van der Waals surface area contributed by atoms with Gasteiger partial charge >= 0.3 is 6.18 Å². The molecule has 1 aliphatic heterocycles. The number of nitrogens with zero attached hydrogens (tertiary/aromatic N) is 2. The zero-order valence-corrected chi connectivity index (χ0v) is 17.0. The molecule has 7 nitrogen and oxygen atoms in total. The van der Waals surface area contributed by atoms with Crippen molar-refractivity contribution in [1.29, 1.82) is 0 Å². The van der Waals surface area contributed by atoms with Crippen molar-refractivity contribution in [3.05, 3.63) is 47.4 Å². The number of hydrogen-bond acceptors (Lipinski definition) is 7. The number of aryl methyl sites for hydroxylation is 1. The second kappa shape index (κ2) is 9.17. The highest BCUT2D eigenvalue weighted by Crippen LogP contribution is 2.36. The maximum atomic E-state index is 12.7. The first kappa shape index (κ1) is 23.6.